The van der Waals surface area contributed by atoms with Crippen LogP contribution in [-0.2, 0) is 0 Å². The average molecular weight is 337 g/mol. The fourth-order valence-corrected chi connectivity index (χ4v) is 2.11. The van der Waals surface area contributed by atoms with Gasteiger partial charge in [0, 0.05) is 17.6 Å². The monoisotopic (exact) mass is 336 g/mol. The zero-order valence-electron chi connectivity index (χ0n) is 12.4. The van der Waals surface area contributed by atoms with Crippen LogP contribution in [0.25, 0.3) is 0 Å². The first-order chi connectivity index (χ1) is 11.0. The van der Waals surface area contributed by atoms with E-state index in [1.54, 1.807) is 12.1 Å². The quantitative estimate of drug-likeness (QED) is 0.901. The molecular weight excluding hydrogens is 323 g/mol. The van der Waals surface area contributed by atoms with Crippen LogP contribution < -0.4 is 15.4 Å². The molecule has 2 aromatic rings. The number of rotatable bonds is 4. The summed E-state index contributed by atoms with van der Waals surface area (Å²) >= 11 is 5.66. The summed E-state index contributed by atoms with van der Waals surface area (Å²) in [5, 5.41) is 5.20. The summed E-state index contributed by atoms with van der Waals surface area (Å²) in [6, 6.07) is 8.28. The van der Waals surface area contributed by atoms with Crippen molar-refractivity contribution in [2.24, 2.45) is 0 Å². The van der Waals surface area contributed by atoms with E-state index in [0.29, 0.717) is 11.3 Å². The van der Waals surface area contributed by atoms with Crippen molar-refractivity contribution in [2.45, 2.75) is 0 Å². The van der Waals surface area contributed by atoms with Gasteiger partial charge in [-0.05, 0) is 36.4 Å². The molecule has 0 unspecified atom stereocenters. The normalized spacial score (nSPS) is 10.1. The van der Waals surface area contributed by atoms with Crippen LogP contribution in [0.3, 0.4) is 0 Å². The zero-order chi connectivity index (χ0) is 17.0. The minimum Gasteiger partial charge on any atom is -0.495 e. The first-order valence-electron chi connectivity index (χ1n) is 6.62. The van der Waals surface area contributed by atoms with Crippen LogP contribution in [-0.4, -0.2) is 26.0 Å². The van der Waals surface area contributed by atoms with Crippen LogP contribution in [0.2, 0.25) is 5.02 Å². The molecule has 0 spiro atoms. The van der Waals surface area contributed by atoms with E-state index in [1.165, 1.54) is 32.4 Å². The molecule has 0 atom stereocenters. The number of benzene rings is 2. The molecule has 7 heteroatoms. The summed E-state index contributed by atoms with van der Waals surface area (Å²) in [4.78, 5) is 23.9. The molecule has 2 aromatic carbocycles. The molecule has 5 nitrogen and oxygen atoms in total. The first kappa shape index (κ1) is 16.8. The molecule has 0 aliphatic rings. The van der Waals surface area contributed by atoms with Crippen molar-refractivity contribution in [1.29, 1.82) is 0 Å². The molecule has 0 saturated heterocycles. The third kappa shape index (κ3) is 3.78. The van der Waals surface area contributed by atoms with Crippen molar-refractivity contribution in [1.82, 2.24) is 5.32 Å². The Morgan fingerprint density at radius 2 is 1.87 bits per heavy atom. The number of carbonyl (C=O) groups is 2. The number of methoxy groups -OCH3 is 1. The number of carbonyl (C=O) groups excluding carboxylic acids is 2. The summed E-state index contributed by atoms with van der Waals surface area (Å²) in [6.45, 7) is 0. The van der Waals surface area contributed by atoms with Crippen molar-refractivity contribution in [2.75, 3.05) is 19.5 Å². The molecule has 0 aliphatic carbocycles. The first-order valence-corrected chi connectivity index (χ1v) is 7.00. The largest absolute Gasteiger partial charge is 0.495 e. The van der Waals surface area contributed by atoms with Crippen LogP contribution in [0, 0.1) is 5.82 Å². The molecule has 120 valence electrons. The van der Waals surface area contributed by atoms with Crippen LogP contribution in [0.5, 0.6) is 5.75 Å². The van der Waals surface area contributed by atoms with Gasteiger partial charge in [-0.15, -0.1) is 0 Å². The van der Waals surface area contributed by atoms with Crippen molar-refractivity contribution in [3.63, 3.8) is 0 Å². The number of hydrogen-bond acceptors (Lipinski definition) is 3. The van der Waals surface area contributed by atoms with Gasteiger partial charge in [0.05, 0.1) is 18.4 Å². The smallest absolute Gasteiger partial charge is 0.258 e. The van der Waals surface area contributed by atoms with Gasteiger partial charge in [-0.1, -0.05) is 11.6 Å². The number of hydrogen-bond donors (Lipinski definition) is 2. The second-order valence-corrected chi connectivity index (χ2v) is 5.01. The number of anilines is 1. The third-order valence-corrected chi connectivity index (χ3v) is 3.35. The molecule has 0 fully saturated rings. The Hall–Kier alpha value is -2.60. The van der Waals surface area contributed by atoms with E-state index in [0.717, 1.165) is 6.07 Å². The van der Waals surface area contributed by atoms with Crippen LogP contribution >= 0.6 is 11.6 Å². The Morgan fingerprint density at radius 1 is 1.13 bits per heavy atom. The molecule has 2 rings (SSSR count). The maximum Gasteiger partial charge on any atom is 0.258 e. The molecule has 0 radical (unpaired) electrons. The predicted molar refractivity (Wildman–Crippen MR) is 85.7 cm³/mol. The zero-order valence-corrected chi connectivity index (χ0v) is 13.2. The van der Waals surface area contributed by atoms with E-state index in [1.807, 2.05) is 0 Å². The van der Waals surface area contributed by atoms with Gasteiger partial charge in [0.1, 0.15) is 11.6 Å². The van der Waals surface area contributed by atoms with Gasteiger partial charge >= 0.3 is 0 Å². The number of ether oxygens (including phenoxy) is 1. The molecule has 0 heterocycles. The number of nitrogens with one attached hydrogen (secondary N) is 2. The van der Waals surface area contributed by atoms with Gasteiger partial charge < -0.3 is 15.4 Å². The van der Waals surface area contributed by atoms with Gasteiger partial charge in [-0.3, -0.25) is 9.59 Å². The summed E-state index contributed by atoms with van der Waals surface area (Å²) in [5.41, 5.74) is 0.426. The van der Waals surface area contributed by atoms with Crippen LogP contribution in [0.1, 0.15) is 20.7 Å². The lowest BCUT2D eigenvalue weighted by Crippen LogP contribution is -2.19. The van der Waals surface area contributed by atoms with Crippen LogP contribution in [0.4, 0.5) is 10.1 Å². The third-order valence-electron chi connectivity index (χ3n) is 3.11. The van der Waals surface area contributed by atoms with E-state index in [-0.39, 0.29) is 22.2 Å². The van der Waals surface area contributed by atoms with E-state index >= 15 is 0 Å². The Labute approximate surface area is 137 Å². The SMILES string of the molecule is CNC(=O)c1ccc(OC)c(NC(=O)c2ccc(Cl)cc2F)c1. The molecule has 2 amide bonds. The fraction of sp³-hybridized carbons (Fsp3) is 0.125. The lowest BCUT2D eigenvalue weighted by molar-refractivity contribution is 0.0961. The highest BCUT2D eigenvalue weighted by atomic mass is 35.5. The summed E-state index contributed by atoms with van der Waals surface area (Å²) in [6.07, 6.45) is 0. The summed E-state index contributed by atoms with van der Waals surface area (Å²) in [7, 11) is 2.92. The molecule has 0 saturated carbocycles. The van der Waals surface area contributed by atoms with Gasteiger partial charge in [-0.25, -0.2) is 4.39 Å². The van der Waals surface area contributed by atoms with Crippen LogP contribution in [0.15, 0.2) is 36.4 Å². The lowest BCUT2D eigenvalue weighted by atomic mass is 10.1. The molecule has 0 aliphatic heterocycles. The van der Waals surface area contributed by atoms with Gasteiger partial charge in [0.25, 0.3) is 11.8 Å². The molecule has 0 aromatic heterocycles. The highest BCUT2D eigenvalue weighted by Gasteiger charge is 2.16. The number of amides is 2. The van der Waals surface area contributed by atoms with Crippen molar-refractivity contribution < 1.29 is 18.7 Å². The van der Waals surface area contributed by atoms with E-state index in [2.05, 4.69) is 10.6 Å². The van der Waals surface area contributed by atoms with E-state index < -0.39 is 11.7 Å². The van der Waals surface area contributed by atoms with E-state index in [9.17, 15) is 14.0 Å². The maximum atomic E-state index is 13.8. The fourth-order valence-electron chi connectivity index (χ4n) is 1.95. The molecule has 2 N–H and O–H groups in total. The summed E-state index contributed by atoms with van der Waals surface area (Å²) in [5.74, 6) is -1.39. The Morgan fingerprint density at radius 3 is 2.48 bits per heavy atom. The minimum atomic E-state index is -0.739. The number of halogens is 2. The van der Waals surface area contributed by atoms with Gasteiger partial charge in [-0.2, -0.15) is 0 Å². The van der Waals surface area contributed by atoms with Crippen molar-refractivity contribution in [3.05, 3.63) is 58.4 Å². The lowest BCUT2D eigenvalue weighted by Gasteiger charge is -2.12. The minimum absolute atomic E-state index is 0.165. The standard InChI is InChI=1S/C16H14ClFN2O3/c1-19-15(21)9-3-6-14(23-2)13(7-9)20-16(22)11-5-4-10(17)8-12(11)18/h3-8H,1-2H3,(H,19,21)(H,20,22). The summed E-state index contributed by atoms with van der Waals surface area (Å²) < 4.78 is 18.9. The molecular formula is C16H14ClFN2O3. The van der Waals surface area contributed by atoms with Crippen molar-refractivity contribution >= 4 is 29.1 Å². The Kier molecular flexibility index (Phi) is 5.18. The Balaban J connectivity index is 2.34. The topological polar surface area (TPSA) is 67.4 Å². The highest BCUT2D eigenvalue weighted by Crippen LogP contribution is 2.26. The second kappa shape index (κ2) is 7.11. The second-order valence-electron chi connectivity index (χ2n) is 4.57. The van der Waals surface area contributed by atoms with E-state index in [4.69, 9.17) is 16.3 Å². The van der Waals surface area contributed by atoms with Gasteiger partial charge in [0.2, 0.25) is 0 Å². The average Bonchev–Trinajstić information content (AvgIpc) is 2.53. The highest BCUT2D eigenvalue weighted by molar-refractivity contribution is 6.30. The molecule has 0 bridgehead atoms. The van der Waals surface area contributed by atoms with Crippen molar-refractivity contribution in [3.8, 4) is 5.75 Å². The van der Waals surface area contributed by atoms with Gasteiger partial charge in [0.15, 0.2) is 0 Å². The maximum absolute atomic E-state index is 13.8. The predicted octanol–water partition coefficient (Wildman–Crippen LogP) is 3.10. The molecule has 23 heavy (non-hydrogen) atoms. The Bertz CT molecular complexity index is 765.